The molecule has 0 fully saturated rings. The average Bonchev–Trinajstić information content (AvgIpc) is 2.55. The Kier molecular flexibility index (Phi) is 6.54. The molecule has 2 rings (SSSR count). The molecule has 25 heavy (non-hydrogen) atoms. The molecule has 0 unspecified atom stereocenters. The van der Waals surface area contributed by atoms with Crippen LogP contribution in [0.5, 0.6) is 0 Å². The van der Waals surface area contributed by atoms with E-state index < -0.39 is 21.0 Å². The summed E-state index contributed by atoms with van der Waals surface area (Å²) in [5.41, 5.74) is -0.254. The summed E-state index contributed by atoms with van der Waals surface area (Å²) >= 11 is 1.21. The van der Waals surface area contributed by atoms with E-state index in [0.29, 0.717) is 4.90 Å². The first-order chi connectivity index (χ1) is 11.8. The molecule has 134 valence electrons. The highest BCUT2D eigenvalue weighted by molar-refractivity contribution is 7.99. The highest BCUT2D eigenvalue weighted by Gasteiger charge is 2.23. The number of methoxy groups -OCH3 is 1. The Balaban J connectivity index is 2.33. The van der Waals surface area contributed by atoms with Gasteiger partial charge in [-0.15, -0.1) is 0 Å². The van der Waals surface area contributed by atoms with E-state index in [4.69, 9.17) is 4.74 Å². The lowest BCUT2D eigenvalue weighted by molar-refractivity contribution is -0.388. The number of nitro benzene ring substituents is 1. The van der Waals surface area contributed by atoms with E-state index in [-0.39, 0.29) is 17.2 Å². The molecule has 0 aliphatic rings. The Morgan fingerprint density at radius 2 is 1.92 bits per heavy atom. The van der Waals surface area contributed by atoms with Crippen LogP contribution >= 0.6 is 11.8 Å². The second kappa shape index (κ2) is 8.43. The molecule has 0 aromatic heterocycles. The fourth-order valence-electron chi connectivity index (χ4n) is 2.13. The van der Waals surface area contributed by atoms with E-state index in [1.165, 1.54) is 31.0 Å². The monoisotopic (exact) mass is 382 g/mol. The molecule has 0 radical (unpaired) electrons. The Bertz CT molecular complexity index is 841. The Morgan fingerprint density at radius 1 is 1.24 bits per heavy atom. The molecule has 0 saturated heterocycles. The third-order valence-electron chi connectivity index (χ3n) is 3.18. The molecule has 2 aromatic carbocycles. The molecule has 0 amide bonds. The summed E-state index contributed by atoms with van der Waals surface area (Å²) in [6.07, 6.45) is 0. The topological polar surface area (TPSA) is 98.5 Å². The van der Waals surface area contributed by atoms with Gasteiger partial charge < -0.3 is 4.74 Å². The molecule has 0 spiro atoms. The van der Waals surface area contributed by atoms with Gasteiger partial charge in [-0.25, -0.2) is 13.1 Å². The van der Waals surface area contributed by atoms with Gasteiger partial charge in [0.05, 0.1) is 21.3 Å². The smallest absolute Gasteiger partial charge is 0.284 e. The highest BCUT2D eigenvalue weighted by Crippen LogP contribution is 2.36. The Morgan fingerprint density at radius 3 is 2.52 bits per heavy atom. The molecule has 0 saturated carbocycles. The number of ether oxygens (including phenoxy) is 1. The fraction of sp³-hybridized carbons (Fsp3) is 0.250. The van der Waals surface area contributed by atoms with Gasteiger partial charge in [-0.2, -0.15) is 0 Å². The van der Waals surface area contributed by atoms with Gasteiger partial charge in [-0.3, -0.25) is 10.1 Å². The zero-order valence-corrected chi connectivity index (χ0v) is 15.3. The summed E-state index contributed by atoms with van der Waals surface area (Å²) in [5, 5.41) is 11.4. The van der Waals surface area contributed by atoms with E-state index >= 15 is 0 Å². The van der Waals surface area contributed by atoms with Crippen molar-refractivity contribution >= 4 is 27.5 Å². The van der Waals surface area contributed by atoms with E-state index in [0.717, 1.165) is 11.0 Å². The molecule has 0 aliphatic carbocycles. The van der Waals surface area contributed by atoms with Gasteiger partial charge in [-0.05, 0) is 31.2 Å². The molecule has 9 heteroatoms. The molecule has 0 heterocycles. The summed E-state index contributed by atoms with van der Waals surface area (Å²) in [5.74, 6) is 0. The number of nitrogens with one attached hydrogen (secondary N) is 1. The Hall–Kier alpha value is -1.94. The van der Waals surface area contributed by atoms with Crippen LogP contribution in [0.1, 0.15) is 6.92 Å². The molecule has 1 atom stereocenters. The lowest BCUT2D eigenvalue weighted by Gasteiger charge is -2.13. The number of hydrogen-bond acceptors (Lipinski definition) is 6. The van der Waals surface area contributed by atoms with Crippen molar-refractivity contribution < 1.29 is 18.1 Å². The summed E-state index contributed by atoms with van der Waals surface area (Å²) in [7, 11) is -2.41. The van der Waals surface area contributed by atoms with E-state index in [9.17, 15) is 18.5 Å². The third-order valence-corrected chi connectivity index (χ3v) is 5.84. The molecular weight excluding hydrogens is 364 g/mol. The van der Waals surface area contributed by atoms with Crippen LogP contribution in [-0.2, 0) is 14.8 Å². The summed E-state index contributed by atoms with van der Waals surface area (Å²) in [6.45, 7) is 1.85. The van der Waals surface area contributed by atoms with Gasteiger partial charge in [0.25, 0.3) is 5.69 Å². The van der Waals surface area contributed by atoms with Crippen LogP contribution in [0.15, 0.2) is 63.2 Å². The van der Waals surface area contributed by atoms with Gasteiger partial charge in [0.2, 0.25) is 10.0 Å². The predicted molar refractivity (Wildman–Crippen MR) is 95.3 cm³/mol. The summed E-state index contributed by atoms with van der Waals surface area (Å²) < 4.78 is 32.1. The van der Waals surface area contributed by atoms with Crippen molar-refractivity contribution in [1.82, 2.24) is 4.72 Å². The first-order valence-electron chi connectivity index (χ1n) is 7.36. The minimum absolute atomic E-state index is 0.153. The predicted octanol–water partition coefficient (Wildman–Crippen LogP) is 3.06. The van der Waals surface area contributed by atoms with E-state index in [1.54, 1.807) is 6.92 Å². The van der Waals surface area contributed by atoms with Gasteiger partial charge in [-0.1, -0.05) is 30.0 Å². The maximum atomic E-state index is 12.4. The van der Waals surface area contributed by atoms with Crippen molar-refractivity contribution in [3.8, 4) is 0 Å². The maximum Gasteiger partial charge on any atom is 0.284 e. The molecule has 2 aromatic rings. The second-order valence-corrected chi connectivity index (χ2v) is 8.11. The van der Waals surface area contributed by atoms with Crippen LogP contribution in [0.3, 0.4) is 0 Å². The van der Waals surface area contributed by atoms with Crippen molar-refractivity contribution in [3.05, 3.63) is 58.6 Å². The minimum Gasteiger partial charge on any atom is -0.383 e. The number of rotatable bonds is 8. The van der Waals surface area contributed by atoms with Gasteiger partial charge in [0.1, 0.15) is 0 Å². The normalized spacial score (nSPS) is 12.7. The van der Waals surface area contributed by atoms with Gasteiger partial charge in [0, 0.05) is 24.1 Å². The lowest BCUT2D eigenvalue weighted by atomic mass is 10.3. The third kappa shape index (κ3) is 5.27. The molecule has 0 bridgehead atoms. The van der Waals surface area contributed by atoms with E-state index in [2.05, 4.69) is 4.72 Å². The largest absolute Gasteiger partial charge is 0.383 e. The van der Waals surface area contributed by atoms with Crippen molar-refractivity contribution in [1.29, 1.82) is 0 Å². The average molecular weight is 382 g/mol. The number of hydrogen-bond donors (Lipinski definition) is 1. The molecular formula is C16H18N2O5S2. The molecule has 0 aliphatic heterocycles. The SMILES string of the molecule is COC[C@H](C)NS(=O)(=O)c1ccc(Sc2ccccc2)c([N+](=O)[O-])c1. The minimum atomic E-state index is -3.87. The van der Waals surface area contributed by atoms with Crippen LogP contribution in [0.2, 0.25) is 0 Å². The zero-order valence-electron chi connectivity index (χ0n) is 13.7. The van der Waals surface area contributed by atoms with Crippen LogP contribution < -0.4 is 4.72 Å². The van der Waals surface area contributed by atoms with Crippen LogP contribution in [0.25, 0.3) is 0 Å². The van der Waals surface area contributed by atoms with Crippen molar-refractivity contribution in [2.75, 3.05) is 13.7 Å². The number of nitro groups is 1. The van der Waals surface area contributed by atoms with Crippen LogP contribution in [-0.4, -0.2) is 33.1 Å². The molecule has 7 nitrogen and oxygen atoms in total. The Labute approximate surface area is 150 Å². The van der Waals surface area contributed by atoms with Crippen molar-refractivity contribution in [2.45, 2.75) is 27.7 Å². The maximum absolute atomic E-state index is 12.4. The first kappa shape index (κ1) is 19.4. The fourth-order valence-corrected chi connectivity index (χ4v) is 4.29. The number of benzene rings is 2. The number of sulfonamides is 1. The second-order valence-electron chi connectivity index (χ2n) is 5.28. The van der Waals surface area contributed by atoms with Crippen LogP contribution in [0.4, 0.5) is 5.69 Å². The van der Waals surface area contributed by atoms with Gasteiger partial charge in [0.15, 0.2) is 0 Å². The molecule has 1 N–H and O–H groups in total. The first-order valence-corrected chi connectivity index (χ1v) is 9.66. The van der Waals surface area contributed by atoms with Crippen molar-refractivity contribution in [3.63, 3.8) is 0 Å². The van der Waals surface area contributed by atoms with E-state index in [1.807, 2.05) is 30.3 Å². The zero-order chi connectivity index (χ0) is 18.4. The summed E-state index contributed by atoms with van der Waals surface area (Å²) in [4.78, 5) is 11.8. The quantitative estimate of drug-likeness (QED) is 0.556. The standard InChI is InChI=1S/C16H18N2O5S2/c1-12(11-23-2)17-25(21,22)14-8-9-16(15(10-14)18(19)20)24-13-6-4-3-5-7-13/h3-10,12,17H,11H2,1-2H3/t12-/m0/s1. The highest BCUT2D eigenvalue weighted by atomic mass is 32.2. The lowest BCUT2D eigenvalue weighted by Crippen LogP contribution is -2.35. The summed E-state index contributed by atoms with van der Waals surface area (Å²) in [6, 6.07) is 12.6. The van der Waals surface area contributed by atoms with Gasteiger partial charge >= 0.3 is 0 Å². The van der Waals surface area contributed by atoms with Crippen LogP contribution in [0, 0.1) is 10.1 Å². The van der Waals surface area contributed by atoms with Crippen molar-refractivity contribution in [2.24, 2.45) is 0 Å². The number of nitrogens with zero attached hydrogens (tertiary/aromatic N) is 1.